The van der Waals surface area contributed by atoms with Crippen LogP contribution < -0.4 is 4.74 Å². The molecule has 0 saturated carbocycles. The summed E-state index contributed by atoms with van der Waals surface area (Å²) in [6, 6.07) is 3.32. The predicted molar refractivity (Wildman–Crippen MR) is 47.3 cm³/mol. The summed E-state index contributed by atoms with van der Waals surface area (Å²) < 4.78 is 27.8. The molecule has 0 amide bonds. The highest BCUT2D eigenvalue weighted by Gasteiger charge is 2.24. The van der Waals surface area contributed by atoms with E-state index in [1.807, 2.05) is 0 Å². The van der Waals surface area contributed by atoms with Crippen LogP contribution in [0.15, 0.2) is 18.2 Å². The van der Waals surface area contributed by atoms with Gasteiger partial charge in [-0.15, -0.1) is 0 Å². The van der Waals surface area contributed by atoms with Crippen molar-refractivity contribution in [2.24, 2.45) is 0 Å². The first-order valence-electron chi connectivity index (χ1n) is 3.10. The van der Waals surface area contributed by atoms with Gasteiger partial charge in [-0.25, -0.2) is 4.39 Å². The predicted octanol–water partition coefficient (Wildman–Crippen LogP) is 3.67. The zero-order chi connectivity index (χ0) is 10.1. The summed E-state index contributed by atoms with van der Waals surface area (Å²) in [7, 11) is 0. The van der Waals surface area contributed by atoms with Crippen LogP contribution >= 0.6 is 34.8 Å². The maximum atomic E-state index is 12.9. The summed E-state index contributed by atoms with van der Waals surface area (Å²) in [4.78, 5) is 0. The van der Waals surface area contributed by atoms with E-state index in [2.05, 4.69) is 4.74 Å². The van der Waals surface area contributed by atoms with Crippen molar-refractivity contribution in [3.05, 3.63) is 29.8 Å². The molecule has 0 bridgehead atoms. The van der Waals surface area contributed by atoms with Crippen LogP contribution in [0.2, 0.25) is 0 Å². The van der Waals surface area contributed by atoms with Crippen molar-refractivity contribution in [2.75, 3.05) is 0 Å². The fraction of sp³-hybridized carbons (Fsp3) is 0.143. The monoisotopic (exact) mass is 246 g/mol. The van der Waals surface area contributed by atoms with Crippen LogP contribution in [0, 0.1) is 11.6 Å². The Kier molecular flexibility index (Phi) is 3.22. The largest absolute Gasteiger partial charge is 0.442 e. The van der Waals surface area contributed by atoms with Crippen molar-refractivity contribution in [3.8, 4) is 5.75 Å². The topological polar surface area (TPSA) is 9.23 Å². The number of rotatable bonds is 1. The highest BCUT2D eigenvalue weighted by molar-refractivity contribution is 6.66. The number of hydrogen-bond acceptors (Lipinski definition) is 1. The van der Waals surface area contributed by atoms with Gasteiger partial charge >= 0.3 is 3.98 Å². The summed E-state index contributed by atoms with van der Waals surface area (Å²) in [5, 5.41) is 0. The number of ether oxygens (including phenoxy) is 1. The summed E-state index contributed by atoms with van der Waals surface area (Å²) in [6.45, 7) is 0. The van der Waals surface area contributed by atoms with Gasteiger partial charge in [-0.05, 0) is 46.9 Å². The molecule has 0 fully saturated rings. The first-order valence-corrected chi connectivity index (χ1v) is 4.23. The van der Waals surface area contributed by atoms with Gasteiger partial charge in [-0.1, -0.05) is 6.07 Å². The van der Waals surface area contributed by atoms with Crippen molar-refractivity contribution in [2.45, 2.75) is 3.98 Å². The van der Waals surface area contributed by atoms with Gasteiger partial charge < -0.3 is 4.74 Å². The van der Waals surface area contributed by atoms with Crippen LogP contribution in [0.1, 0.15) is 0 Å². The summed E-state index contributed by atoms with van der Waals surface area (Å²) in [5.74, 6) is -2.69. The molecular formula is C7H3Cl3F2O. The van der Waals surface area contributed by atoms with Gasteiger partial charge in [0.1, 0.15) is 0 Å². The minimum atomic E-state index is -2.10. The van der Waals surface area contributed by atoms with E-state index in [1.54, 1.807) is 0 Å². The fourth-order valence-corrected chi connectivity index (χ4v) is 0.937. The molecule has 0 spiro atoms. The molecule has 1 rings (SSSR count). The average molecular weight is 247 g/mol. The van der Waals surface area contributed by atoms with Crippen LogP contribution in [0.3, 0.4) is 0 Å². The lowest BCUT2D eigenvalue weighted by Gasteiger charge is -2.13. The minimum Gasteiger partial charge on any atom is -0.442 e. The molecule has 0 N–H and O–H groups in total. The highest BCUT2D eigenvalue weighted by atomic mass is 35.6. The standard InChI is InChI=1S/C7H3Cl3F2O/c8-7(9,10)13-5-3-1-2-4(11)6(5)12/h1-3H. The molecule has 0 atom stereocenters. The van der Waals surface area contributed by atoms with Gasteiger partial charge in [-0.3, -0.25) is 0 Å². The molecule has 0 aromatic heterocycles. The molecule has 0 aliphatic rings. The van der Waals surface area contributed by atoms with Crippen LogP contribution in [-0.2, 0) is 0 Å². The minimum absolute atomic E-state index is 0.444. The molecule has 1 aromatic carbocycles. The molecule has 13 heavy (non-hydrogen) atoms. The normalized spacial score (nSPS) is 11.5. The Morgan fingerprint density at radius 1 is 1.15 bits per heavy atom. The average Bonchev–Trinajstić information content (AvgIpc) is 1.96. The summed E-state index contributed by atoms with van der Waals surface area (Å²) >= 11 is 15.6. The van der Waals surface area contributed by atoms with E-state index in [0.717, 1.165) is 12.1 Å². The van der Waals surface area contributed by atoms with Gasteiger partial charge in [0.25, 0.3) is 0 Å². The smallest absolute Gasteiger partial charge is 0.338 e. The van der Waals surface area contributed by atoms with E-state index in [-0.39, 0.29) is 0 Å². The fourth-order valence-electron chi connectivity index (χ4n) is 0.688. The second kappa shape index (κ2) is 3.86. The van der Waals surface area contributed by atoms with Gasteiger partial charge in [0.2, 0.25) is 5.82 Å². The van der Waals surface area contributed by atoms with Crippen LogP contribution in [-0.4, -0.2) is 3.98 Å². The molecule has 0 radical (unpaired) electrons. The Balaban J connectivity index is 2.96. The lowest BCUT2D eigenvalue weighted by molar-refractivity contribution is 0.297. The Hall–Kier alpha value is -0.250. The molecule has 0 heterocycles. The van der Waals surface area contributed by atoms with Crippen molar-refractivity contribution in [1.29, 1.82) is 0 Å². The van der Waals surface area contributed by atoms with Crippen LogP contribution in [0.5, 0.6) is 5.75 Å². The molecule has 0 aliphatic carbocycles. The molecule has 72 valence electrons. The lowest BCUT2D eigenvalue weighted by Crippen LogP contribution is -2.13. The third-order valence-electron chi connectivity index (χ3n) is 1.14. The zero-order valence-corrected chi connectivity index (χ0v) is 8.30. The Morgan fingerprint density at radius 3 is 2.31 bits per heavy atom. The SMILES string of the molecule is Fc1cccc(OC(Cl)(Cl)Cl)c1F. The Morgan fingerprint density at radius 2 is 1.77 bits per heavy atom. The number of halogens is 5. The summed E-state index contributed by atoms with van der Waals surface area (Å²) in [6.07, 6.45) is 0. The van der Waals surface area contributed by atoms with Gasteiger partial charge in [0, 0.05) is 0 Å². The van der Waals surface area contributed by atoms with Gasteiger partial charge in [-0.2, -0.15) is 4.39 Å². The molecule has 0 aliphatic heterocycles. The van der Waals surface area contributed by atoms with Gasteiger partial charge in [0.05, 0.1) is 0 Å². The highest BCUT2D eigenvalue weighted by Crippen LogP contribution is 2.31. The Bertz CT molecular complexity index is 311. The van der Waals surface area contributed by atoms with Crippen LogP contribution in [0.25, 0.3) is 0 Å². The maximum Gasteiger partial charge on any atom is 0.338 e. The van der Waals surface area contributed by atoms with Crippen molar-refractivity contribution < 1.29 is 13.5 Å². The van der Waals surface area contributed by atoms with E-state index >= 15 is 0 Å². The quantitative estimate of drug-likeness (QED) is 0.688. The van der Waals surface area contributed by atoms with E-state index < -0.39 is 21.4 Å². The second-order valence-electron chi connectivity index (χ2n) is 2.10. The van der Waals surface area contributed by atoms with E-state index in [1.165, 1.54) is 6.07 Å². The van der Waals surface area contributed by atoms with E-state index in [9.17, 15) is 8.78 Å². The maximum absolute atomic E-state index is 12.9. The molecule has 6 heteroatoms. The van der Waals surface area contributed by atoms with Crippen molar-refractivity contribution >= 4 is 34.8 Å². The first-order chi connectivity index (χ1) is 5.90. The Labute approximate surface area is 88.2 Å². The lowest BCUT2D eigenvalue weighted by atomic mass is 10.3. The van der Waals surface area contributed by atoms with Gasteiger partial charge in [0.15, 0.2) is 11.6 Å². The molecule has 0 unspecified atom stereocenters. The van der Waals surface area contributed by atoms with Crippen molar-refractivity contribution in [3.63, 3.8) is 0 Å². The number of alkyl halides is 3. The summed E-state index contributed by atoms with van der Waals surface area (Å²) in [5.41, 5.74) is 0. The first kappa shape index (κ1) is 10.8. The van der Waals surface area contributed by atoms with E-state index in [4.69, 9.17) is 34.8 Å². The van der Waals surface area contributed by atoms with E-state index in [0.29, 0.717) is 0 Å². The number of hydrogen-bond donors (Lipinski definition) is 0. The second-order valence-corrected chi connectivity index (χ2v) is 4.28. The zero-order valence-electron chi connectivity index (χ0n) is 6.03. The molecular weight excluding hydrogens is 244 g/mol. The number of benzene rings is 1. The third-order valence-corrected chi connectivity index (χ3v) is 1.37. The van der Waals surface area contributed by atoms with Crippen LogP contribution in [0.4, 0.5) is 8.78 Å². The molecule has 0 saturated heterocycles. The van der Waals surface area contributed by atoms with Crippen molar-refractivity contribution in [1.82, 2.24) is 0 Å². The molecule has 1 aromatic rings. The molecule has 1 nitrogen and oxygen atoms in total. The third kappa shape index (κ3) is 3.18.